The van der Waals surface area contributed by atoms with Crippen molar-refractivity contribution in [1.29, 1.82) is 0 Å². The molecule has 0 spiro atoms. The van der Waals surface area contributed by atoms with Gasteiger partial charge < -0.3 is 25.6 Å². The Morgan fingerprint density at radius 2 is 1.56 bits per heavy atom. The number of amides is 1. The van der Waals surface area contributed by atoms with Crippen LogP contribution in [-0.4, -0.2) is 47.3 Å². The van der Waals surface area contributed by atoms with Crippen molar-refractivity contribution in [1.82, 2.24) is 10.6 Å². The maximum atomic E-state index is 12.5. The number of nitrogens with one attached hydrogen (secondary N) is 2. The van der Waals surface area contributed by atoms with Gasteiger partial charge in [0.25, 0.3) is 5.91 Å². The number of hydrogen-bond donors (Lipinski definition) is 4. The predicted molar refractivity (Wildman–Crippen MR) is 98.8 cm³/mol. The maximum Gasteiger partial charge on any atom is 0.338 e. The van der Waals surface area contributed by atoms with E-state index < -0.39 is 12.1 Å². The van der Waals surface area contributed by atoms with Crippen molar-refractivity contribution in [3.63, 3.8) is 0 Å². The van der Waals surface area contributed by atoms with Gasteiger partial charge >= 0.3 is 5.97 Å². The lowest BCUT2D eigenvalue weighted by Gasteiger charge is -2.26. The van der Waals surface area contributed by atoms with E-state index in [1.165, 1.54) is 48.5 Å². The second-order valence-corrected chi connectivity index (χ2v) is 6.46. The minimum Gasteiger partial charge on any atom is -0.508 e. The number of ether oxygens (including phenoxy) is 1. The number of benzene rings is 2. The van der Waals surface area contributed by atoms with Gasteiger partial charge in [-0.3, -0.25) is 4.79 Å². The third-order valence-corrected chi connectivity index (χ3v) is 4.46. The van der Waals surface area contributed by atoms with E-state index in [1.54, 1.807) is 0 Å². The molecular weight excluding hydrogens is 348 g/mol. The molecule has 2 aromatic carbocycles. The minimum atomic E-state index is -0.495. The number of phenols is 2. The van der Waals surface area contributed by atoms with Crippen LogP contribution in [-0.2, 0) is 4.74 Å². The van der Waals surface area contributed by atoms with Crippen LogP contribution in [0.1, 0.15) is 33.6 Å². The van der Waals surface area contributed by atoms with Crippen LogP contribution in [0.5, 0.6) is 11.5 Å². The van der Waals surface area contributed by atoms with Crippen LogP contribution in [0.2, 0.25) is 0 Å². The molecule has 1 saturated heterocycles. The Morgan fingerprint density at radius 1 is 0.963 bits per heavy atom. The summed E-state index contributed by atoms with van der Waals surface area (Å²) in [7, 11) is 0. The van der Waals surface area contributed by atoms with Gasteiger partial charge in [0, 0.05) is 12.1 Å². The first-order valence-electron chi connectivity index (χ1n) is 8.83. The molecule has 2 unspecified atom stereocenters. The van der Waals surface area contributed by atoms with Crippen LogP contribution in [0.15, 0.2) is 48.5 Å². The molecule has 0 aromatic heterocycles. The first-order valence-corrected chi connectivity index (χ1v) is 8.83. The highest BCUT2D eigenvalue weighted by atomic mass is 16.5. The lowest BCUT2D eigenvalue weighted by Crippen LogP contribution is -2.49. The minimum absolute atomic E-state index is 0.0734. The summed E-state index contributed by atoms with van der Waals surface area (Å²) in [5, 5.41) is 24.8. The van der Waals surface area contributed by atoms with Crippen molar-refractivity contribution in [3.8, 4) is 11.5 Å². The smallest absolute Gasteiger partial charge is 0.338 e. The molecule has 1 aliphatic rings. The fourth-order valence-electron chi connectivity index (χ4n) is 2.97. The van der Waals surface area contributed by atoms with Crippen molar-refractivity contribution < 1.29 is 24.5 Å². The standard InChI is InChI=1S/C20H22N2O5/c23-15-7-3-13(4-8-15)19(25)22-17-12-21-11-1-2-18(17)27-20(26)14-5-9-16(24)10-6-14/h3-10,17-18,21,23-24H,1-2,11-12H2,(H,22,25). The van der Waals surface area contributed by atoms with Crippen LogP contribution < -0.4 is 10.6 Å². The number of aromatic hydroxyl groups is 2. The summed E-state index contributed by atoms with van der Waals surface area (Å²) in [4.78, 5) is 24.9. The summed E-state index contributed by atoms with van der Waals surface area (Å²) >= 11 is 0. The van der Waals surface area contributed by atoms with Gasteiger partial charge in [0.05, 0.1) is 11.6 Å². The van der Waals surface area contributed by atoms with Crippen molar-refractivity contribution in [2.75, 3.05) is 13.1 Å². The van der Waals surface area contributed by atoms with E-state index in [4.69, 9.17) is 4.74 Å². The Bertz CT molecular complexity index is 722. The molecule has 1 heterocycles. The maximum absolute atomic E-state index is 12.5. The van der Waals surface area contributed by atoms with Gasteiger partial charge in [0.2, 0.25) is 0 Å². The second-order valence-electron chi connectivity index (χ2n) is 6.46. The van der Waals surface area contributed by atoms with Crippen LogP contribution in [0, 0.1) is 0 Å². The van der Waals surface area contributed by atoms with Crippen molar-refractivity contribution in [2.24, 2.45) is 0 Å². The van der Waals surface area contributed by atoms with Crippen molar-refractivity contribution in [3.05, 3.63) is 59.7 Å². The number of hydrogen-bond acceptors (Lipinski definition) is 6. The summed E-state index contributed by atoms with van der Waals surface area (Å²) in [6.45, 7) is 1.26. The monoisotopic (exact) mass is 370 g/mol. The summed E-state index contributed by atoms with van der Waals surface area (Å²) in [5.74, 6) is -0.632. The lowest BCUT2D eigenvalue weighted by atomic mass is 10.1. The highest BCUT2D eigenvalue weighted by Crippen LogP contribution is 2.17. The zero-order valence-electron chi connectivity index (χ0n) is 14.7. The third-order valence-electron chi connectivity index (χ3n) is 4.46. The quantitative estimate of drug-likeness (QED) is 0.612. The molecule has 2 atom stereocenters. The topological polar surface area (TPSA) is 108 Å². The molecule has 142 valence electrons. The summed E-state index contributed by atoms with van der Waals surface area (Å²) < 4.78 is 5.65. The normalized spacial score (nSPS) is 19.7. The zero-order valence-corrected chi connectivity index (χ0v) is 14.7. The Hall–Kier alpha value is -3.06. The van der Waals surface area contributed by atoms with Gasteiger partial charge in [0.1, 0.15) is 17.6 Å². The van der Waals surface area contributed by atoms with Crippen LogP contribution in [0.25, 0.3) is 0 Å². The summed E-state index contributed by atoms with van der Waals surface area (Å²) in [6, 6.07) is 11.4. The highest BCUT2D eigenvalue weighted by molar-refractivity contribution is 5.94. The Morgan fingerprint density at radius 3 is 2.19 bits per heavy atom. The number of rotatable bonds is 4. The average Bonchev–Trinajstić information content (AvgIpc) is 2.88. The molecule has 0 bridgehead atoms. The predicted octanol–water partition coefficient (Wildman–Crippen LogP) is 1.81. The zero-order chi connectivity index (χ0) is 19.2. The molecule has 7 nitrogen and oxygen atoms in total. The highest BCUT2D eigenvalue weighted by Gasteiger charge is 2.29. The van der Waals surface area contributed by atoms with Crippen LogP contribution >= 0.6 is 0 Å². The molecule has 0 radical (unpaired) electrons. The largest absolute Gasteiger partial charge is 0.508 e. The van der Waals surface area contributed by atoms with E-state index in [0.717, 1.165) is 13.0 Å². The van der Waals surface area contributed by atoms with Crippen molar-refractivity contribution in [2.45, 2.75) is 25.0 Å². The SMILES string of the molecule is O=C(NC1CNCCCC1OC(=O)c1ccc(O)cc1)c1ccc(O)cc1. The average molecular weight is 370 g/mol. The number of esters is 1. The molecule has 0 aliphatic carbocycles. The summed E-state index contributed by atoms with van der Waals surface area (Å²) in [5.41, 5.74) is 0.759. The Kier molecular flexibility index (Phi) is 5.93. The molecule has 2 aromatic rings. The van der Waals surface area contributed by atoms with E-state index in [9.17, 15) is 19.8 Å². The molecule has 0 saturated carbocycles. The van der Waals surface area contributed by atoms with Crippen LogP contribution in [0.4, 0.5) is 0 Å². The fourth-order valence-corrected chi connectivity index (χ4v) is 2.97. The van der Waals surface area contributed by atoms with E-state index >= 15 is 0 Å². The van der Waals surface area contributed by atoms with E-state index in [1.807, 2.05) is 0 Å². The number of carbonyl (C=O) groups excluding carboxylic acids is 2. The molecule has 1 aliphatic heterocycles. The van der Waals surface area contributed by atoms with Gasteiger partial charge in [-0.05, 0) is 67.9 Å². The lowest BCUT2D eigenvalue weighted by molar-refractivity contribution is 0.0192. The van der Waals surface area contributed by atoms with E-state index in [0.29, 0.717) is 24.1 Å². The Labute approximate surface area is 157 Å². The molecule has 3 rings (SSSR count). The molecule has 1 amide bonds. The second kappa shape index (κ2) is 8.55. The number of carbonyl (C=O) groups is 2. The first kappa shape index (κ1) is 18.7. The third kappa shape index (κ3) is 4.98. The summed E-state index contributed by atoms with van der Waals surface area (Å²) in [6.07, 6.45) is 0.971. The molecule has 7 heteroatoms. The first-order chi connectivity index (χ1) is 13.0. The van der Waals surface area contributed by atoms with E-state index in [2.05, 4.69) is 10.6 Å². The van der Waals surface area contributed by atoms with Gasteiger partial charge in [-0.2, -0.15) is 0 Å². The Balaban J connectivity index is 1.69. The fraction of sp³-hybridized carbons (Fsp3) is 0.300. The number of phenolic OH excluding ortho intramolecular Hbond substituents is 2. The molecule has 27 heavy (non-hydrogen) atoms. The van der Waals surface area contributed by atoms with E-state index in [-0.39, 0.29) is 23.4 Å². The van der Waals surface area contributed by atoms with Gasteiger partial charge in [-0.25, -0.2) is 4.79 Å². The van der Waals surface area contributed by atoms with Crippen LogP contribution in [0.3, 0.4) is 0 Å². The van der Waals surface area contributed by atoms with Gasteiger partial charge in [-0.1, -0.05) is 0 Å². The molecule has 1 fully saturated rings. The molecular formula is C20H22N2O5. The van der Waals surface area contributed by atoms with Crippen molar-refractivity contribution >= 4 is 11.9 Å². The van der Waals surface area contributed by atoms with Gasteiger partial charge in [0.15, 0.2) is 0 Å². The van der Waals surface area contributed by atoms with Gasteiger partial charge in [-0.15, -0.1) is 0 Å². The molecule has 4 N–H and O–H groups in total.